The smallest absolute Gasteiger partial charge is 1.00 e. The van der Waals surface area contributed by atoms with Gasteiger partial charge in [0.05, 0.1) is 35.2 Å². The molecule has 0 unspecified atom stereocenters. The first kappa shape index (κ1) is 41.7. The third-order valence-corrected chi connectivity index (χ3v) is 6.60. The van der Waals surface area contributed by atoms with Gasteiger partial charge in [-0.1, -0.05) is 100 Å². The van der Waals surface area contributed by atoms with Gasteiger partial charge in [-0.3, -0.25) is 9.98 Å². The summed E-state index contributed by atoms with van der Waals surface area (Å²) in [5.41, 5.74) is 11.5. The molecule has 3 rings (SSSR count). The standard InChI is InChI=1S/C33H42ClN3.3ClH.Fe/c1-7-11-25-15-23(5)16-26(12-8-2)32(25)35-21-30-19-29(34)20-31(37-30)22-36-33-27(13-9-3)17-24(6)18-28(33)14-10-4;;;;/h15-22H,7-14H2,1-6H3;3*1H;/q;;;;+3/p-3. The molecule has 41 heavy (non-hydrogen) atoms. The Bertz CT molecular complexity index is 1130. The van der Waals surface area contributed by atoms with Gasteiger partial charge in [0, 0.05) is 5.02 Å². The molecule has 3 nitrogen and oxygen atoms in total. The molecule has 1 heterocycles. The SMILES string of the molecule is CCCc1cc(C)cc(CCC)c1N=Cc1cc(Cl)cc(C=Nc2c(CCC)cc(C)cc2CCC)n1.[Cl-].[Cl-].[Cl-].[Fe+3]. The average molecular weight is 678 g/mol. The molecule has 0 fully saturated rings. The minimum atomic E-state index is 0. The second kappa shape index (κ2) is 21.3. The summed E-state index contributed by atoms with van der Waals surface area (Å²) in [7, 11) is 0. The monoisotopic (exact) mass is 676 g/mol. The molecule has 1 radical (unpaired) electrons. The predicted octanol–water partition coefficient (Wildman–Crippen LogP) is 0.673. The maximum atomic E-state index is 6.52. The zero-order valence-electron chi connectivity index (χ0n) is 25.0. The van der Waals surface area contributed by atoms with Gasteiger partial charge in [0.2, 0.25) is 0 Å². The Morgan fingerprint density at radius 1 is 0.585 bits per heavy atom. The topological polar surface area (TPSA) is 37.6 Å². The van der Waals surface area contributed by atoms with E-state index >= 15 is 0 Å². The van der Waals surface area contributed by atoms with Gasteiger partial charge in [-0.25, -0.2) is 4.98 Å². The van der Waals surface area contributed by atoms with E-state index < -0.39 is 0 Å². The van der Waals surface area contributed by atoms with Gasteiger partial charge in [0.25, 0.3) is 0 Å². The zero-order valence-corrected chi connectivity index (χ0v) is 29.1. The van der Waals surface area contributed by atoms with E-state index in [4.69, 9.17) is 26.6 Å². The van der Waals surface area contributed by atoms with Crippen LogP contribution in [0, 0.1) is 13.8 Å². The molecule has 0 saturated heterocycles. The Kier molecular flexibility index (Phi) is 21.7. The number of nitrogens with zero attached hydrogens (tertiary/aromatic N) is 3. The number of rotatable bonds is 12. The van der Waals surface area contributed by atoms with Crippen molar-refractivity contribution in [1.82, 2.24) is 4.98 Å². The molecule has 2 aromatic carbocycles. The van der Waals surface area contributed by atoms with Crippen molar-refractivity contribution in [3.05, 3.63) is 86.2 Å². The molecule has 225 valence electrons. The van der Waals surface area contributed by atoms with Gasteiger partial charge in [-0.15, -0.1) is 0 Å². The van der Waals surface area contributed by atoms with E-state index in [-0.39, 0.29) is 54.3 Å². The van der Waals surface area contributed by atoms with Crippen molar-refractivity contribution in [2.75, 3.05) is 0 Å². The van der Waals surface area contributed by atoms with Crippen LogP contribution < -0.4 is 37.2 Å². The number of benzene rings is 2. The maximum Gasteiger partial charge on any atom is 3.00 e. The van der Waals surface area contributed by atoms with Crippen LogP contribution in [0.2, 0.25) is 5.02 Å². The minimum Gasteiger partial charge on any atom is -1.00 e. The largest absolute Gasteiger partial charge is 3.00 e. The van der Waals surface area contributed by atoms with Crippen LogP contribution in [0.4, 0.5) is 11.4 Å². The van der Waals surface area contributed by atoms with Crippen LogP contribution in [0.15, 0.2) is 46.4 Å². The van der Waals surface area contributed by atoms with Gasteiger partial charge in [-0.2, -0.15) is 0 Å². The van der Waals surface area contributed by atoms with Crippen LogP contribution in [-0.4, -0.2) is 17.4 Å². The van der Waals surface area contributed by atoms with E-state index in [0.29, 0.717) is 5.02 Å². The molecule has 0 aliphatic carbocycles. The fourth-order valence-corrected chi connectivity index (χ4v) is 5.19. The number of hydrogen-bond acceptors (Lipinski definition) is 3. The third kappa shape index (κ3) is 12.4. The summed E-state index contributed by atoms with van der Waals surface area (Å²) in [4.78, 5) is 14.7. The average Bonchev–Trinajstić information content (AvgIpc) is 2.83. The van der Waals surface area contributed by atoms with Crippen LogP contribution in [0.25, 0.3) is 0 Å². The molecule has 1 aromatic heterocycles. The second-order valence-electron chi connectivity index (χ2n) is 10.0. The van der Waals surface area contributed by atoms with Gasteiger partial charge in [-0.05, 0) is 73.9 Å². The molecule has 0 saturated carbocycles. The molecular formula is C33H42Cl4FeN3. The first-order chi connectivity index (χ1) is 17.9. The van der Waals surface area contributed by atoms with Crippen molar-refractivity contribution in [1.29, 1.82) is 0 Å². The van der Waals surface area contributed by atoms with Crippen molar-refractivity contribution in [2.24, 2.45) is 9.98 Å². The molecule has 0 atom stereocenters. The van der Waals surface area contributed by atoms with Crippen molar-refractivity contribution >= 4 is 35.4 Å². The fraction of sp³-hybridized carbons (Fsp3) is 0.424. The Balaban J connectivity index is 0. The molecule has 0 N–H and O–H groups in total. The van der Waals surface area contributed by atoms with E-state index in [1.807, 2.05) is 24.6 Å². The molecule has 8 heteroatoms. The zero-order chi connectivity index (χ0) is 26.8. The molecule has 0 amide bonds. The quantitative estimate of drug-likeness (QED) is 0.205. The maximum absolute atomic E-state index is 6.52. The fourth-order valence-electron chi connectivity index (χ4n) is 4.97. The summed E-state index contributed by atoms with van der Waals surface area (Å²) in [5, 5.41) is 0.635. The first-order valence-corrected chi connectivity index (χ1v) is 14.3. The van der Waals surface area contributed by atoms with Gasteiger partial charge < -0.3 is 37.2 Å². The van der Waals surface area contributed by atoms with Gasteiger partial charge in [0.1, 0.15) is 0 Å². The van der Waals surface area contributed by atoms with E-state index in [9.17, 15) is 0 Å². The Morgan fingerprint density at radius 2 is 0.878 bits per heavy atom. The number of halogens is 4. The third-order valence-electron chi connectivity index (χ3n) is 6.38. The molecule has 0 spiro atoms. The Morgan fingerprint density at radius 3 is 1.15 bits per heavy atom. The van der Waals surface area contributed by atoms with E-state index in [1.165, 1.54) is 33.4 Å². The molecule has 0 aliphatic heterocycles. The number of hydrogen-bond donors (Lipinski definition) is 0. The number of pyridine rings is 1. The van der Waals surface area contributed by atoms with Crippen molar-refractivity contribution in [2.45, 2.75) is 92.9 Å². The molecule has 0 aliphatic rings. The summed E-state index contributed by atoms with van der Waals surface area (Å²) >= 11 is 6.52. The second-order valence-corrected chi connectivity index (χ2v) is 10.5. The van der Waals surface area contributed by atoms with E-state index in [1.54, 1.807) is 0 Å². The van der Waals surface area contributed by atoms with Crippen LogP contribution in [0.1, 0.15) is 98.1 Å². The number of aromatic nitrogens is 1. The Labute approximate surface area is 282 Å². The van der Waals surface area contributed by atoms with Crippen LogP contribution in [0.3, 0.4) is 0 Å². The van der Waals surface area contributed by atoms with Crippen LogP contribution in [0.5, 0.6) is 0 Å². The minimum absolute atomic E-state index is 0. The summed E-state index contributed by atoms with van der Waals surface area (Å²) in [6, 6.07) is 12.8. The van der Waals surface area contributed by atoms with Crippen LogP contribution in [-0.2, 0) is 42.8 Å². The van der Waals surface area contributed by atoms with Gasteiger partial charge in [0.15, 0.2) is 0 Å². The van der Waals surface area contributed by atoms with Crippen LogP contribution >= 0.6 is 11.6 Å². The Hall–Kier alpha value is -1.39. The van der Waals surface area contributed by atoms with Gasteiger partial charge >= 0.3 is 17.1 Å². The number of aliphatic imine (C=N–C) groups is 2. The molecule has 0 bridgehead atoms. The van der Waals surface area contributed by atoms with Crippen molar-refractivity contribution in [3.8, 4) is 0 Å². The number of aryl methyl sites for hydroxylation is 6. The normalized spacial score (nSPS) is 10.6. The summed E-state index contributed by atoms with van der Waals surface area (Å²) in [5.74, 6) is 0. The van der Waals surface area contributed by atoms with Crippen molar-refractivity contribution in [3.63, 3.8) is 0 Å². The summed E-state index contributed by atoms with van der Waals surface area (Å²) in [6.07, 6.45) is 12.1. The summed E-state index contributed by atoms with van der Waals surface area (Å²) < 4.78 is 0. The summed E-state index contributed by atoms with van der Waals surface area (Å²) in [6.45, 7) is 13.2. The van der Waals surface area contributed by atoms with E-state index in [2.05, 4.69) is 65.8 Å². The molecule has 3 aromatic rings. The van der Waals surface area contributed by atoms with E-state index in [0.717, 1.165) is 74.1 Å². The first-order valence-electron chi connectivity index (χ1n) is 13.9. The predicted molar refractivity (Wildman–Crippen MR) is 162 cm³/mol. The molecular weight excluding hydrogens is 636 g/mol. The van der Waals surface area contributed by atoms with Crippen molar-refractivity contribution < 1.29 is 54.3 Å².